The number of rotatable bonds is 3. The zero-order valence-electron chi connectivity index (χ0n) is 9.31. The van der Waals surface area contributed by atoms with Crippen molar-refractivity contribution < 1.29 is 9.53 Å². The van der Waals surface area contributed by atoms with E-state index in [2.05, 4.69) is 9.97 Å². The van der Waals surface area contributed by atoms with Gasteiger partial charge in [-0.2, -0.15) is 0 Å². The SMILES string of the molecule is CCOC(=O)Cc1nc2ccccc2nc1Cl. The molecule has 0 aliphatic rings. The molecule has 0 amide bonds. The highest BCUT2D eigenvalue weighted by Crippen LogP contribution is 2.17. The normalized spacial score (nSPS) is 10.5. The fourth-order valence-corrected chi connectivity index (χ4v) is 1.68. The number of para-hydroxylation sites is 2. The standard InChI is InChI=1S/C12H11ClN2O2/c1-2-17-11(16)7-10-12(13)15-9-6-4-3-5-8(9)14-10/h3-6H,2,7H2,1H3. The van der Waals surface area contributed by atoms with Gasteiger partial charge in [0.15, 0.2) is 5.15 Å². The summed E-state index contributed by atoms with van der Waals surface area (Å²) < 4.78 is 4.85. The van der Waals surface area contributed by atoms with Crippen LogP contribution in [0.15, 0.2) is 24.3 Å². The van der Waals surface area contributed by atoms with Gasteiger partial charge in [0, 0.05) is 0 Å². The Hall–Kier alpha value is -1.68. The van der Waals surface area contributed by atoms with Crippen LogP contribution in [0, 0.1) is 0 Å². The molecule has 1 aromatic heterocycles. The maximum Gasteiger partial charge on any atom is 0.311 e. The molecule has 5 heteroatoms. The molecule has 0 fully saturated rings. The molecule has 1 heterocycles. The second-order valence-electron chi connectivity index (χ2n) is 3.43. The van der Waals surface area contributed by atoms with Gasteiger partial charge in [-0.25, -0.2) is 9.97 Å². The zero-order valence-corrected chi connectivity index (χ0v) is 10.1. The molecule has 88 valence electrons. The van der Waals surface area contributed by atoms with E-state index in [4.69, 9.17) is 16.3 Å². The lowest BCUT2D eigenvalue weighted by atomic mass is 10.2. The maximum atomic E-state index is 11.4. The van der Waals surface area contributed by atoms with Crippen molar-refractivity contribution >= 4 is 28.6 Å². The topological polar surface area (TPSA) is 52.1 Å². The van der Waals surface area contributed by atoms with Crippen LogP contribution in [0.1, 0.15) is 12.6 Å². The summed E-state index contributed by atoms with van der Waals surface area (Å²) in [5.74, 6) is -0.348. The molecule has 0 N–H and O–H groups in total. The van der Waals surface area contributed by atoms with Gasteiger partial charge in [-0.3, -0.25) is 4.79 Å². The Kier molecular flexibility index (Phi) is 3.54. The van der Waals surface area contributed by atoms with Crippen molar-refractivity contribution in [2.45, 2.75) is 13.3 Å². The molecule has 0 aliphatic carbocycles. The molecule has 0 saturated heterocycles. The fraction of sp³-hybridized carbons (Fsp3) is 0.250. The second-order valence-corrected chi connectivity index (χ2v) is 3.79. The van der Waals surface area contributed by atoms with Gasteiger partial charge >= 0.3 is 5.97 Å². The number of nitrogens with zero attached hydrogens (tertiary/aromatic N) is 2. The van der Waals surface area contributed by atoms with Crippen LogP contribution in [0.25, 0.3) is 11.0 Å². The van der Waals surface area contributed by atoms with E-state index in [1.807, 2.05) is 24.3 Å². The number of hydrogen-bond donors (Lipinski definition) is 0. The van der Waals surface area contributed by atoms with Crippen molar-refractivity contribution in [1.29, 1.82) is 0 Å². The summed E-state index contributed by atoms with van der Waals surface area (Å²) in [5, 5.41) is 0.247. The minimum absolute atomic E-state index is 0.0461. The Morgan fingerprint density at radius 1 is 1.29 bits per heavy atom. The van der Waals surface area contributed by atoms with E-state index in [1.165, 1.54) is 0 Å². The lowest BCUT2D eigenvalue weighted by Gasteiger charge is -2.04. The van der Waals surface area contributed by atoms with Gasteiger partial charge in [-0.05, 0) is 19.1 Å². The van der Waals surface area contributed by atoms with Gasteiger partial charge < -0.3 is 4.74 Å². The number of hydrogen-bond acceptors (Lipinski definition) is 4. The average molecular weight is 251 g/mol. The Morgan fingerprint density at radius 2 is 1.94 bits per heavy atom. The molecule has 0 bridgehead atoms. The molecule has 4 nitrogen and oxygen atoms in total. The van der Waals surface area contributed by atoms with Crippen molar-refractivity contribution in [2.24, 2.45) is 0 Å². The third kappa shape index (κ3) is 2.71. The van der Waals surface area contributed by atoms with Gasteiger partial charge in [-0.15, -0.1) is 0 Å². The second kappa shape index (κ2) is 5.10. The summed E-state index contributed by atoms with van der Waals surface area (Å²) in [5.41, 5.74) is 1.88. The third-order valence-corrected chi connectivity index (χ3v) is 2.51. The van der Waals surface area contributed by atoms with E-state index in [0.717, 1.165) is 5.52 Å². The molecule has 0 atom stereocenters. The van der Waals surface area contributed by atoms with Gasteiger partial charge in [0.25, 0.3) is 0 Å². The first-order chi connectivity index (χ1) is 8.20. The lowest BCUT2D eigenvalue weighted by molar-refractivity contribution is -0.142. The van der Waals surface area contributed by atoms with E-state index in [9.17, 15) is 4.79 Å². The van der Waals surface area contributed by atoms with Crippen molar-refractivity contribution in [3.63, 3.8) is 0 Å². The minimum atomic E-state index is -0.348. The van der Waals surface area contributed by atoms with E-state index in [1.54, 1.807) is 6.92 Å². The zero-order chi connectivity index (χ0) is 12.3. The number of aromatic nitrogens is 2. The van der Waals surface area contributed by atoms with Gasteiger partial charge in [0.05, 0.1) is 29.8 Å². The smallest absolute Gasteiger partial charge is 0.311 e. The molecule has 0 radical (unpaired) electrons. The Balaban J connectivity index is 2.34. The van der Waals surface area contributed by atoms with Crippen molar-refractivity contribution in [2.75, 3.05) is 6.61 Å². The van der Waals surface area contributed by atoms with E-state index < -0.39 is 0 Å². The van der Waals surface area contributed by atoms with E-state index in [0.29, 0.717) is 17.8 Å². The van der Waals surface area contributed by atoms with Crippen LogP contribution in [0.3, 0.4) is 0 Å². The molecule has 2 aromatic rings. The molecule has 0 aliphatic heterocycles. The fourth-order valence-electron chi connectivity index (χ4n) is 1.48. The number of esters is 1. The van der Waals surface area contributed by atoms with Crippen LogP contribution in [-0.4, -0.2) is 22.5 Å². The summed E-state index contributed by atoms with van der Waals surface area (Å²) in [7, 11) is 0. The number of carbonyl (C=O) groups excluding carboxylic acids is 1. The first-order valence-corrected chi connectivity index (χ1v) is 5.65. The van der Waals surface area contributed by atoms with Crippen LogP contribution in [0.5, 0.6) is 0 Å². The Labute approximate surface area is 104 Å². The largest absolute Gasteiger partial charge is 0.466 e. The maximum absolute atomic E-state index is 11.4. The highest BCUT2D eigenvalue weighted by Gasteiger charge is 2.11. The molecule has 2 rings (SSSR count). The monoisotopic (exact) mass is 250 g/mol. The highest BCUT2D eigenvalue weighted by molar-refractivity contribution is 6.30. The predicted octanol–water partition coefficient (Wildman–Crippen LogP) is 2.39. The van der Waals surface area contributed by atoms with E-state index >= 15 is 0 Å². The van der Waals surface area contributed by atoms with Crippen molar-refractivity contribution in [1.82, 2.24) is 9.97 Å². The summed E-state index contributed by atoms with van der Waals surface area (Å²) in [6.07, 6.45) is 0.0461. The molecule has 0 unspecified atom stereocenters. The minimum Gasteiger partial charge on any atom is -0.466 e. The first-order valence-electron chi connectivity index (χ1n) is 5.27. The first kappa shape index (κ1) is 11.8. The van der Waals surface area contributed by atoms with Crippen LogP contribution < -0.4 is 0 Å². The molecule has 0 saturated carbocycles. The number of benzene rings is 1. The summed E-state index contributed by atoms with van der Waals surface area (Å²) >= 11 is 5.97. The van der Waals surface area contributed by atoms with Gasteiger partial charge in [-0.1, -0.05) is 23.7 Å². The van der Waals surface area contributed by atoms with Crippen LogP contribution in [0.4, 0.5) is 0 Å². The molecule has 0 spiro atoms. The molecular weight excluding hydrogens is 240 g/mol. The third-order valence-electron chi connectivity index (χ3n) is 2.21. The summed E-state index contributed by atoms with van der Waals surface area (Å²) in [6.45, 7) is 2.10. The molecule has 17 heavy (non-hydrogen) atoms. The van der Waals surface area contributed by atoms with Crippen molar-refractivity contribution in [3.05, 3.63) is 35.1 Å². The Bertz CT molecular complexity index is 557. The number of fused-ring (bicyclic) bond motifs is 1. The molecular formula is C12H11ClN2O2. The Morgan fingerprint density at radius 3 is 2.59 bits per heavy atom. The number of halogens is 1. The van der Waals surface area contributed by atoms with Gasteiger partial charge in [0.2, 0.25) is 0 Å². The van der Waals surface area contributed by atoms with Crippen LogP contribution >= 0.6 is 11.6 Å². The van der Waals surface area contributed by atoms with Crippen LogP contribution in [-0.2, 0) is 16.0 Å². The lowest BCUT2D eigenvalue weighted by Crippen LogP contribution is -2.09. The summed E-state index contributed by atoms with van der Waals surface area (Å²) in [6, 6.07) is 7.37. The number of ether oxygens (including phenoxy) is 1. The highest BCUT2D eigenvalue weighted by atomic mass is 35.5. The average Bonchev–Trinajstić information content (AvgIpc) is 2.30. The quantitative estimate of drug-likeness (QED) is 0.785. The van der Waals surface area contributed by atoms with Crippen molar-refractivity contribution in [3.8, 4) is 0 Å². The summed E-state index contributed by atoms with van der Waals surface area (Å²) in [4.78, 5) is 19.8. The predicted molar refractivity (Wildman–Crippen MR) is 64.9 cm³/mol. The van der Waals surface area contributed by atoms with E-state index in [-0.39, 0.29) is 17.5 Å². The van der Waals surface area contributed by atoms with Crippen LogP contribution in [0.2, 0.25) is 5.15 Å². The number of carbonyl (C=O) groups is 1. The molecule has 1 aromatic carbocycles. The van der Waals surface area contributed by atoms with Gasteiger partial charge in [0.1, 0.15) is 0 Å².